The quantitative estimate of drug-likeness (QED) is 0.707. The van der Waals surface area contributed by atoms with E-state index in [9.17, 15) is 0 Å². The summed E-state index contributed by atoms with van der Waals surface area (Å²) in [5.74, 6) is 1.57. The number of hydrogen-bond acceptors (Lipinski definition) is 3. The van der Waals surface area contributed by atoms with Crippen molar-refractivity contribution < 1.29 is 9.47 Å². The molecule has 3 rings (SSSR count). The lowest BCUT2D eigenvalue weighted by atomic mass is 10.3. The highest BCUT2D eigenvalue weighted by atomic mass is 16.7. The third-order valence-electron chi connectivity index (χ3n) is 2.27. The third-order valence-corrected chi connectivity index (χ3v) is 2.27. The molecule has 0 saturated heterocycles. The van der Waals surface area contributed by atoms with Crippen LogP contribution in [0.3, 0.4) is 0 Å². The number of rotatable bonds is 1. The average molecular weight is 199 g/mol. The molecule has 1 aliphatic rings. The highest BCUT2D eigenvalue weighted by molar-refractivity contribution is 5.42. The van der Waals surface area contributed by atoms with Gasteiger partial charge in [-0.3, -0.25) is 4.98 Å². The predicted octanol–water partition coefficient (Wildman–Crippen LogP) is 2.55. The van der Waals surface area contributed by atoms with Gasteiger partial charge in [-0.15, -0.1) is 0 Å². The van der Waals surface area contributed by atoms with Crippen LogP contribution in [-0.2, 0) is 0 Å². The Bertz CT molecular complexity index is 445. The zero-order valence-electron chi connectivity index (χ0n) is 7.96. The first kappa shape index (κ1) is 8.29. The van der Waals surface area contributed by atoms with Crippen LogP contribution >= 0.6 is 0 Å². The summed E-state index contributed by atoms with van der Waals surface area (Å²) in [6, 6.07) is 11.4. The minimum absolute atomic E-state index is 0.365. The van der Waals surface area contributed by atoms with E-state index in [-0.39, 0.29) is 6.29 Å². The average Bonchev–Trinajstić information content (AvgIpc) is 2.74. The van der Waals surface area contributed by atoms with Crippen molar-refractivity contribution in [3.8, 4) is 11.5 Å². The van der Waals surface area contributed by atoms with Crippen molar-refractivity contribution in [3.05, 3.63) is 54.4 Å². The van der Waals surface area contributed by atoms with Crippen molar-refractivity contribution in [2.75, 3.05) is 0 Å². The van der Waals surface area contributed by atoms with Crippen LogP contribution in [0, 0.1) is 0 Å². The zero-order valence-corrected chi connectivity index (χ0v) is 7.96. The molecule has 0 bridgehead atoms. The van der Waals surface area contributed by atoms with Crippen LogP contribution in [-0.4, -0.2) is 4.98 Å². The van der Waals surface area contributed by atoms with Gasteiger partial charge in [-0.05, 0) is 24.3 Å². The van der Waals surface area contributed by atoms with E-state index in [1.807, 2.05) is 36.4 Å². The van der Waals surface area contributed by atoms with Crippen molar-refractivity contribution in [2.45, 2.75) is 6.29 Å². The molecule has 1 aliphatic heterocycles. The van der Waals surface area contributed by atoms with Gasteiger partial charge in [-0.2, -0.15) is 0 Å². The van der Waals surface area contributed by atoms with Crippen LogP contribution in [0.2, 0.25) is 0 Å². The molecule has 74 valence electrons. The van der Waals surface area contributed by atoms with Gasteiger partial charge in [0, 0.05) is 12.4 Å². The molecular weight excluding hydrogens is 190 g/mol. The van der Waals surface area contributed by atoms with Crippen molar-refractivity contribution in [1.82, 2.24) is 4.98 Å². The summed E-state index contributed by atoms with van der Waals surface area (Å²) in [5.41, 5.74) is 0.925. The van der Waals surface area contributed by atoms with Crippen LogP contribution in [0.1, 0.15) is 11.9 Å². The Morgan fingerprint density at radius 3 is 2.27 bits per heavy atom. The number of fused-ring (bicyclic) bond motifs is 1. The van der Waals surface area contributed by atoms with Crippen LogP contribution in [0.4, 0.5) is 0 Å². The topological polar surface area (TPSA) is 31.4 Å². The lowest BCUT2D eigenvalue weighted by Crippen LogP contribution is -2.07. The summed E-state index contributed by atoms with van der Waals surface area (Å²) in [4.78, 5) is 4.03. The summed E-state index contributed by atoms with van der Waals surface area (Å²) in [6.45, 7) is 0. The van der Waals surface area contributed by atoms with Crippen LogP contribution in [0.15, 0.2) is 48.8 Å². The summed E-state index contributed by atoms with van der Waals surface area (Å²) in [5, 5.41) is 0. The van der Waals surface area contributed by atoms with E-state index in [0.29, 0.717) is 0 Å². The molecule has 3 heteroatoms. The maximum Gasteiger partial charge on any atom is 0.269 e. The number of pyridine rings is 1. The maximum absolute atomic E-state index is 5.63. The molecule has 0 aliphatic carbocycles. The lowest BCUT2D eigenvalue weighted by Gasteiger charge is -2.08. The molecule has 0 amide bonds. The van der Waals surface area contributed by atoms with E-state index < -0.39 is 0 Å². The SMILES string of the molecule is c1cncc(C2Oc3ccccc3O2)c1. The molecule has 0 N–H and O–H groups in total. The third kappa shape index (κ3) is 1.42. The van der Waals surface area contributed by atoms with E-state index >= 15 is 0 Å². The van der Waals surface area contributed by atoms with Crippen LogP contribution in [0.25, 0.3) is 0 Å². The predicted molar refractivity (Wildman–Crippen MR) is 54.7 cm³/mol. The normalized spacial score (nSPS) is 14.1. The van der Waals surface area contributed by atoms with E-state index in [1.54, 1.807) is 12.4 Å². The first-order valence-corrected chi connectivity index (χ1v) is 4.76. The van der Waals surface area contributed by atoms with Crippen LogP contribution in [0.5, 0.6) is 11.5 Å². The van der Waals surface area contributed by atoms with Gasteiger partial charge in [0.25, 0.3) is 6.29 Å². The monoisotopic (exact) mass is 199 g/mol. The summed E-state index contributed by atoms with van der Waals surface area (Å²) < 4.78 is 11.3. The number of benzene rings is 1. The Hall–Kier alpha value is -2.03. The second-order valence-electron chi connectivity index (χ2n) is 3.30. The second-order valence-corrected chi connectivity index (χ2v) is 3.30. The minimum atomic E-state index is -0.365. The molecule has 1 aromatic heterocycles. The summed E-state index contributed by atoms with van der Waals surface area (Å²) >= 11 is 0. The molecular formula is C12H9NO2. The molecule has 15 heavy (non-hydrogen) atoms. The van der Waals surface area contributed by atoms with Gasteiger partial charge < -0.3 is 9.47 Å². The summed E-state index contributed by atoms with van der Waals surface area (Å²) in [7, 11) is 0. The highest BCUT2D eigenvalue weighted by Gasteiger charge is 2.24. The number of hydrogen-bond donors (Lipinski definition) is 0. The smallest absolute Gasteiger partial charge is 0.269 e. The fourth-order valence-corrected chi connectivity index (χ4v) is 1.55. The Morgan fingerprint density at radius 2 is 1.67 bits per heavy atom. The maximum atomic E-state index is 5.63. The van der Waals surface area contributed by atoms with Gasteiger partial charge in [-0.25, -0.2) is 0 Å². The summed E-state index contributed by atoms with van der Waals surface area (Å²) in [6.07, 6.45) is 3.11. The Morgan fingerprint density at radius 1 is 0.933 bits per heavy atom. The van der Waals surface area contributed by atoms with E-state index in [0.717, 1.165) is 17.1 Å². The van der Waals surface area contributed by atoms with E-state index in [1.165, 1.54) is 0 Å². The first-order chi connectivity index (χ1) is 7.43. The molecule has 0 radical (unpaired) electrons. The number of nitrogens with zero attached hydrogens (tertiary/aromatic N) is 1. The van der Waals surface area contributed by atoms with Gasteiger partial charge in [0.1, 0.15) is 0 Å². The fraction of sp³-hybridized carbons (Fsp3) is 0.0833. The molecule has 0 saturated carbocycles. The van der Waals surface area contributed by atoms with E-state index in [2.05, 4.69) is 4.98 Å². The van der Waals surface area contributed by atoms with Gasteiger partial charge in [0.2, 0.25) is 0 Å². The fourth-order valence-electron chi connectivity index (χ4n) is 1.55. The van der Waals surface area contributed by atoms with Gasteiger partial charge in [-0.1, -0.05) is 12.1 Å². The number of para-hydroxylation sites is 2. The molecule has 2 aromatic rings. The highest BCUT2D eigenvalue weighted by Crippen LogP contribution is 2.39. The molecule has 3 nitrogen and oxygen atoms in total. The molecule has 0 fully saturated rings. The molecule has 0 unspecified atom stereocenters. The Balaban J connectivity index is 1.91. The van der Waals surface area contributed by atoms with Gasteiger partial charge in [0.05, 0.1) is 5.56 Å². The van der Waals surface area contributed by atoms with Crippen molar-refractivity contribution >= 4 is 0 Å². The molecule has 1 aromatic carbocycles. The van der Waals surface area contributed by atoms with Crippen molar-refractivity contribution in [2.24, 2.45) is 0 Å². The number of ether oxygens (including phenoxy) is 2. The Kier molecular flexibility index (Phi) is 1.81. The number of aromatic nitrogens is 1. The lowest BCUT2D eigenvalue weighted by molar-refractivity contribution is 0.0484. The standard InChI is InChI=1S/C12H9NO2/c1-2-6-11-10(5-1)14-12(15-11)9-4-3-7-13-8-9/h1-8,12H. The second kappa shape index (κ2) is 3.28. The molecule has 2 heterocycles. The first-order valence-electron chi connectivity index (χ1n) is 4.76. The van der Waals surface area contributed by atoms with Crippen LogP contribution < -0.4 is 9.47 Å². The molecule has 0 spiro atoms. The van der Waals surface area contributed by atoms with Gasteiger partial charge in [0.15, 0.2) is 11.5 Å². The largest absolute Gasteiger partial charge is 0.447 e. The van der Waals surface area contributed by atoms with Crippen molar-refractivity contribution in [3.63, 3.8) is 0 Å². The van der Waals surface area contributed by atoms with Crippen molar-refractivity contribution in [1.29, 1.82) is 0 Å². The van der Waals surface area contributed by atoms with Gasteiger partial charge >= 0.3 is 0 Å². The zero-order chi connectivity index (χ0) is 10.1. The Labute approximate surface area is 87.3 Å². The molecule has 0 atom stereocenters. The van der Waals surface area contributed by atoms with E-state index in [4.69, 9.17) is 9.47 Å². The minimum Gasteiger partial charge on any atom is -0.447 e.